The molecule has 0 radical (unpaired) electrons. The lowest BCUT2D eigenvalue weighted by Crippen LogP contribution is -2.21. The van der Waals surface area contributed by atoms with Gasteiger partial charge >= 0.3 is 6.18 Å². The lowest BCUT2D eigenvalue weighted by molar-refractivity contribution is -0.137. The summed E-state index contributed by atoms with van der Waals surface area (Å²) < 4.78 is 40.6. The summed E-state index contributed by atoms with van der Waals surface area (Å²) in [6.07, 6.45) is -0.938. The molecule has 0 aliphatic heterocycles. The monoisotopic (exact) mass is 370 g/mol. The van der Waals surface area contributed by atoms with Crippen molar-refractivity contribution in [2.24, 2.45) is 0 Å². The molecule has 0 atom stereocenters. The van der Waals surface area contributed by atoms with Gasteiger partial charge in [-0.1, -0.05) is 30.3 Å². The van der Waals surface area contributed by atoms with Crippen LogP contribution >= 0.6 is 0 Å². The van der Waals surface area contributed by atoms with Crippen LogP contribution in [-0.2, 0) is 19.3 Å². The van der Waals surface area contributed by atoms with Crippen molar-refractivity contribution in [3.05, 3.63) is 83.4 Å². The summed E-state index contributed by atoms with van der Waals surface area (Å²) in [5, 5.41) is 9.27. The minimum atomic E-state index is -4.48. The van der Waals surface area contributed by atoms with E-state index in [0.717, 1.165) is 23.5 Å². The van der Waals surface area contributed by atoms with Gasteiger partial charge in [-0.3, -0.25) is 0 Å². The number of alkyl halides is 3. The average Bonchev–Trinajstić information content (AvgIpc) is 3.07. The van der Waals surface area contributed by atoms with Crippen LogP contribution in [0.3, 0.4) is 0 Å². The Hall–Kier alpha value is -3.27. The van der Waals surface area contributed by atoms with Crippen LogP contribution < -0.4 is 4.90 Å². The Bertz CT molecular complexity index is 955. The molecule has 4 nitrogen and oxygen atoms in total. The Morgan fingerprint density at radius 3 is 2.56 bits per heavy atom. The van der Waals surface area contributed by atoms with E-state index in [1.54, 1.807) is 18.1 Å². The van der Waals surface area contributed by atoms with E-state index in [4.69, 9.17) is 0 Å². The van der Waals surface area contributed by atoms with Gasteiger partial charge in [0.05, 0.1) is 23.4 Å². The van der Waals surface area contributed by atoms with E-state index in [9.17, 15) is 18.4 Å². The van der Waals surface area contributed by atoms with Crippen LogP contribution in [0.2, 0.25) is 0 Å². The second-order valence-corrected chi connectivity index (χ2v) is 6.15. The summed E-state index contributed by atoms with van der Waals surface area (Å²) >= 11 is 0. The van der Waals surface area contributed by atoms with Crippen molar-refractivity contribution in [2.75, 3.05) is 11.9 Å². The zero-order valence-corrected chi connectivity index (χ0v) is 14.6. The Morgan fingerprint density at radius 1 is 1.15 bits per heavy atom. The van der Waals surface area contributed by atoms with Gasteiger partial charge in [-0.15, -0.1) is 0 Å². The first-order chi connectivity index (χ1) is 12.9. The first-order valence-corrected chi connectivity index (χ1v) is 8.25. The quantitative estimate of drug-likeness (QED) is 0.666. The second kappa shape index (κ2) is 7.54. The Kier molecular flexibility index (Phi) is 5.17. The maximum absolute atomic E-state index is 12.9. The van der Waals surface area contributed by atoms with Crippen molar-refractivity contribution in [1.82, 2.24) is 9.55 Å². The smallest absolute Gasteiger partial charge is 0.366 e. The van der Waals surface area contributed by atoms with Gasteiger partial charge < -0.3 is 9.47 Å². The van der Waals surface area contributed by atoms with Crippen molar-refractivity contribution < 1.29 is 13.2 Å². The fraction of sp³-hybridized carbons (Fsp3) is 0.200. The van der Waals surface area contributed by atoms with E-state index >= 15 is 0 Å². The molecule has 1 heterocycles. The predicted octanol–water partition coefficient (Wildman–Crippen LogP) is 4.46. The minimum absolute atomic E-state index is 0.0199. The van der Waals surface area contributed by atoms with Crippen LogP contribution in [0.1, 0.15) is 22.5 Å². The van der Waals surface area contributed by atoms with Gasteiger partial charge in [-0.05, 0) is 23.8 Å². The third-order valence-corrected chi connectivity index (χ3v) is 4.23. The lowest BCUT2D eigenvalue weighted by atomic mass is 10.1. The molecule has 0 N–H and O–H groups in total. The van der Waals surface area contributed by atoms with Gasteiger partial charge in [-0.2, -0.15) is 18.4 Å². The number of halogens is 3. The number of imidazole rings is 1. The molecule has 3 rings (SSSR count). The average molecular weight is 370 g/mol. The van der Waals surface area contributed by atoms with Crippen LogP contribution in [0.15, 0.2) is 60.9 Å². The third kappa shape index (κ3) is 4.29. The van der Waals surface area contributed by atoms with E-state index in [0.29, 0.717) is 18.8 Å². The molecule has 0 amide bonds. The Labute approximate surface area is 155 Å². The zero-order valence-electron chi connectivity index (χ0n) is 14.6. The number of hydrogen-bond donors (Lipinski definition) is 0. The molecule has 27 heavy (non-hydrogen) atoms. The molecule has 0 saturated heterocycles. The molecule has 3 aromatic rings. The van der Waals surface area contributed by atoms with E-state index in [2.05, 4.69) is 4.98 Å². The summed E-state index contributed by atoms with van der Waals surface area (Å²) in [5.74, 6) is 0.755. The maximum atomic E-state index is 12.9. The maximum Gasteiger partial charge on any atom is 0.416 e. The molecule has 0 spiro atoms. The normalized spacial score (nSPS) is 11.2. The molecule has 0 fully saturated rings. The number of aromatic nitrogens is 2. The molecular formula is C20H17F3N4. The molecule has 0 bridgehead atoms. The number of nitrogens with zero attached hydrogens (tertiary/aromatic N) is 4. The van der Waals surface area contributed by atoms with Gasteiger partial charge in [0.15, 0.2) is 0 Å². The largest absolute Gasteiger partial charge is 0.416 e. The van der Waals surface area contributed by atoms with Crippen molar-refractivity contribution in [3.8, 4) is 6.07 Å². The highest BCUT2D eigenvalue weighted by Crippen LogP contribution is 2.32. The van der Waals surface area contributed by atoms with Crippen molar-refractivity contribution in [1.29, 1.82) is 5.26 Å². The number of rotatable bonds is 5. The fourth-order valence-electron chi connectivity index (χ4n) is 2.85. The topological polar surface area (TPSA) is 44.9 Å². The summed E-state index contributed by atoms with van der Waals surface area (Å²) in [4.78, 5) is 6.07. The number of benzene rings is 2. The van der Waals surface area contributed by atoms with Crippen molar-refractivity contribution in [2.45, 2.75) is 19.3 Å². The molecule has 0 unspecified atom stereocenters. The minimum Gasteiger partial charge on any atom is -0.366 e. The first-order valence-electron chi connectivity index (χ1n) is 8.25. The van der Waals surface area contributed by atoms with Crippen molar-refractivity contribution >= 4 is 5.69 Å². The van der Waals surface area contributed by atoms with Gasteiger partial charge in [0.25, 0.3) is 0 Å². The van der Waals surface area contributed by atoms with Crippen LogP contribution in [-0.4, -0.2) is 16.6 Å². The highest BCUT2D eigenvalue weighted by atomic mass is 19.4. The van der Waals surface area contributed by atoms with E-state index in [-0.39, 0.29) is 5.56 Å². The van der Waals surface area contributed by atoms with E-state index < -0.39 is 11.7 Å². The standard InChI is InChI=1S/C20H17F3N4/c1-26(18-8-7-17(20(21,22)23)11-16(18)12-24)14-19-25-9-10-27(19)13-15-5-3-2-4-6-15/h2-11H,13-14H2,1H3. The first kappa shape index (κ1) is 18.5. The zero-order chi connectivity index (χ0) is 19.4. The van der Waals surface area contributed by atoms with E-state index in [1.807, 2.05) is 47.2 Å². The molecule has 2 aromatic carbocycles. The Morgan fingerprint density at radius 2 is 1.89 bits per heavy atom. The second-order valence-electron chi connectivity index (χ2n) is 6.15. The summed E-state index contributed by atoms with van der Waals surface area (Å²) in [7, 11) is 1.73. The number of nitriles is 1. The van der Waals surface area contributed by atoms with Crippen LogP contribution in [0.4, 0.5) is 18.9 Å². The molecule has 0 saturated carbocycles. The molecule has 1 aromatic heterocycles. The predicted molar refractivity (Wildman–Crippen MR) is 96.0 cm³/mol. The number of anilines is 1. The summed E-state index contributed by atoms with van der Waals surface area (Å²) in [5.41, 5.74) is 0.696. The third-order valence-electron chi connectivity index (χ3n) is 4.23. The molecule has 0 aliphatic carbocycles. The highest BCUT2D eigenvalue weighted by molar-refractivity contribution is 5.60. The van der Waals surface area contributed by atoms with Crippen LogP contribution in [0.5, 0.6) is 0 Å². The SMILES string of the molecule is CN(Cc1nccn1Cc1ccccc1)c1ccc(C(F)(F)F)cc1C#N. The van der Waals surface area contributed by atoms with Gasteiger partial charge in [0, 0.05) is 26.0 Å². The van der Waals surface area contributed by atoms with Gasteiger partial charge in [-0.25, -0.2) is 4.98 Å². The summed E-state index contributed by atoms with van der Waals surface area (Å²) in [6.45, 7) is 1.00. The van der Waals surface area contributed by atoms with Gasteiger partial charge in [0.1, 0.15) is 11.9 Å². The molecular weight excluding hydrogens is 353 g/mol. The fourth-order valence-corrected chi connectivity index (χ4v) is 2.85. The molecule has 0 aliphatic rings. The highest BCUT2D eigenvalue weighted by Gasteiger charge is 2.31. The lowest BCUT2D eigenvalue weighted by Gasteiger charge is -2.21. The van der Waals surface area contributed by atoms with Crippen LogP contribution in [0.25, 0.3) is 0 Å². The van der Waals surface area contributed by atoms with Crippen LogP contribution in [0, 0.1) is 11.3 Å². The summed E-state index contributed by atoms with van der Waals surface area (Å²) in [6, 6.07) is 14.9. The van der Waals surface area contributed by atoms with Gasteiger partial charge in [0.2, 0.25) is 0 Å². The Balaban J connectivity index is 1.82. The molecule has 7 heteroatoms. The number of hydrogen-bond acceptors (Lipinski definition) is 3. The van der Waals surface area contributed by atoms with Crippen molar-refractivity contribution in [3.63, 3.8) is 0 Å². The van der Waals surface area contributed by atoms with E-state index in [1.165, 1.54) is 6.07 Å². The molecule has 138 valence electrons.